The standard InChI is InChI=1S/C18H23NO4/c1-13-12-23-15(14-6-3-2-4-7-14)11-19(13)16(20)10-18(17(21)22)8-5-9-18/h2-4,6-7,13,15H,5,8-12H2,1H3,(H,21,22). The summed E-state index contributed by atoms with van der Waals surface area (Å²) in [6, 6.07) is 9.83. The van der Waals surface area contributed by atoms with Gasteiger partial charge in [-0.3, -0.25) is 9.59 Å². The van der Waals surface area contributed by atoms with Crippen LogP contribution >= 0.6 is 0 Å². The number of carboxylic acid groups (broad SMARTS) is 1. The predicted molar refractivity (Wildman–Crippen MR) is 84.8 cm³/mol. The number of benzene rings is 1. The summed E-state index contributed by atoms with van der Waals surface area (Å²) in [5.74, 6) is -0.901. The maximum atomic E-state index is 12.7. The molecule has 1 N–H and O–H groups in total. The van der Waals surface area contributed by atoms with Gasteiger partial charge in [-0.2, -0.15) is 0 Å². The molecule has 0 aromatic heterocycles. The highest BCUT2D eigenvalue weighted by atomic mass is 16.5. The molecule has 1 aromatic rings. The van der Waals surface area contributed by atoms with Crippen LogP contribution in [0.15, 0.2) is 30.3 Å². The van der Waals surface area contributed by atoms with E-state index in [1.807, 2.05) is 37.3 Å². The molecule has 1 aromatic carbocycles. The van der Waals surface area contributed by atoms with Gasteiger partial charge in [0.25, 0.3) is 0 Å². The molecule has 0 radical (unpaired) electrons. The molecule has 5 heteroatoms. The van der Waals surface area contributed by atoms with Crippen LogP contribution in [-0.4, -0.2) is 41.1 Å². The molecule has 3 rings (SSSR count). The minimum atomic E-state index is -0.836. The van der Waals surface area contributed by atoms with Gasteiger partial charge in [-0.05, 0) is 25.3 Å². The van der Waals surface area contributed by atoms with Crippen LogP contribution in [0.4, 0.5) is 0 Å². The quantitative estimate of drug-likeness (QED) is 0.927. The fourth-order valence-corrected chi connectivity index (χ4v) is 3.43. The molecule has 1 aliphatic heterocycles. The van der Waals surface area contributed by atoms with E-state index in [1.54, 1.807) is 4.90 Å². The zero-order valence-electron chi connectivity index (χ0n) is 13.4. The normalized spacial score (nSPS) is 26.4. The number of carboxylic acids is 1. The summed E-state index contributed by atoms with van der Waals surface area (Å²) in [4.78, 5) is 26.0. The Kier molecular flexibility index (Phi) is 4.39. The van der Waals surface area contributed by atoms with Crippen molar-refractivity contribution in [2.24, 2.45) is 5.41 Å². The number of amides is 1. The highest BCUT2D eigenvalue weighted by Gasteiger charge is 2.47. The van der Waals surface area contributed by atoms with Gasteiger partial charge in [0.2, 0.25) is 5.91 Å². The number of carbonyl (C=O) groups excluding carboxylic acids is 1. The molecule has 1 saturated heterocycles. The molecular weight excluding hydrogens is 294 g/mol. The minimum Gasteiger partial charge on any atom is -0.481 e. The molecule has 2 unspecified atom stereocenters. The van der Waals surface area contributed by atoms with Crippen molar-refractivity contribution in [3.05, 3.63) is 35.9 Å². The summed E-state index contributed by atoms with van der Waals surface area (Å²) in [6.07, 6.45) is 2.07. The van der Waals surface area contributed by atoms with E-state index in [9.17, 15) is 14.7 Å². The second-order valence-electron chi connectivity index (χ2n) is 6.74. The van der Waals surface area contributed by atoms with Crippen LogP contribution in [0, 0.1) is 5.41 Å². The van der Waals surface area contributed by atoms with Gasteiger partial charge in [-0.25, -0.2) is 0 Å². The monoisotopic (exact) mass is 317 g/mol. The zero-order chi connectivity index (χ0) is 16.4. The average Bonchev–Trinajstić information content (AvgIpc) is 2.51. The number of carbonyl (C=O) groups is 2. The smallest absolute Gasteiger partial charge is 0.310 e. The Balaban J connectivity index is 1.70. The van der Waals surface area contributed by atoms with Gasteiger partial charge in [0.15, 0.2) is 0 Å². The summed E-state index contributed by atoms with van der Waals surface area (Å²) in [7, 11) is 0. The van der Waals surface area contributed by atoms with Gasteiger partial charge in [-0.15, -0.1) is 0 Å². The highest BCUT2D eigenvalue weighted by Crippen LogP contribution is 2.45. The summed E-state index contributed by atoms with van der Waals surface area (Å²) in [5, 5.41) is 9.43. The maximum absolute atomic E-state index is 12.7. The molecule has 5 nitrogen and oxygen atoms in total. The Hall–Kier alpha value is -1.88. The second-order valence-corrected chi connectivity index (χ2v) is 6.74. The van der Waals surface area contributed by atoms with E-state index in [0.29, 0.717) is 26.0 Å². The molecule has 1 heterocycles. The molecular formula is C18H23NO4. The SMILES string of the molecule is CC1COC(c2ccccc2)CN1C(=O)CC1(C(=O)O)CCC1. The van der Waals surface area contributed by atoms with Crippen LogP contribution in [0.1, 0.15) is 44.3 Å². The number of rotatable bonds is 4. The Morgan fingerprint density at radius 3 is 2.57 bits per heavy atom. The fraction of sp³-hybridized carbons (Fsp3) is 0.556. The van der Waals surface area contributed by atoms with Gasteiger partial charge in [0.1, 0.15) is 6.10 Å². The molecule has 2 aliphatic rings. The minimum absolute atomic E-state index is 0.0200. The van der Waals surface area contributed by atoms with Gasteiger partial charge < -0.3 is 14.7 Å². The molecule has 1 aliphatic carbocycles. The first-order valence-corrected chi connectivity index (χ1v) is 8.21. The number of hydrogen-bond donors (Lipinski definition) is 1. The van der Waals surface area contributed by atoms with Crippen molar-refractivity contribution < 1.29 is 19.4 Å². The molecule has 2 atom stereocenters. The van der Waals surface area contributed by atoms with E-state index in [0.717, 1.165) is 12.0 Å². The molecule has 23 heavy (non-hydrogen) atoms. The molecule has 0 spiro atoms. The third kappa shape index (κ3) is 3.11. The summed E-state index contributed by atoms with van der Waals surface area (Å²) in [5.41, 5.74) is 0.214. The second kappa shape index (κ2) is 6.32. The topological polar surface area (TPSA) is 66.8 Å². The van der Waals surface area contributed by atoms with Crippen LogP contribution in [0.2, 0.25) is 0 Å². The Bertz CT molecular complexity index is 582. The summed E-state index contributed by atoms with van der Waals surface area (Å²) < 4.78 is 5.86. The van der Waals surface area contributed by atoms with Crippen LogP contribution in [0.25, 0.3) is 0 Å². The van der Waals surface area contributed by atoms with Crippen LogP contribution < -0.4 is 0 Å². The van der Waals surface area contributed by atoms with Crippen molar-refractivity contribution in [1.82, 2.24) is 4.90 Å². The number of aliphatic carboxylic acids is 1. The zero-order valence-corrected chi connectivity index (χ0v) is 13.4. The van der Waals surface area contributed by atoms with E-state index in [2.05, 4.69) is 0 Å². The average molecular weight is 317 g/mol. The lowest BCUT2D eigenvalue weighted by atomic mass is 9.66. The van der Waals surface area contributed by atoms with Gasteiger partial charge in [0, 0.05) is 6.42 Å². The maximum Gasteiger partial charge on any atom is 0.310 e. The summed E-state index contributed by atoms with van der Waals surface area (Å²) >= 11 is 0. The molecule has 1 amide bonds. The van der Waals surface area contributed by atoms with Crippen molar-refractivity contribution in [2.45, 2.75) is 44.8 Å². The van der Waals surface area contributed by atoms with Crippen LogP contribution in [0.5, 0.6) is 0 Å². The van der Waals surface area contributed by atoms with Crippen LogP contribution in [0.3, 0.4) is 0 Å². The third-order valence-electron chi connectivity index (χ3n) is 5.18. The van der Waals surface area contributed by atoms with E-state index < -0.39 is 11.4 Å². The first kappa shape index (κ1) is 16.0. The third-order valence-corrected chi connectivity index (χ3v) is 5.18. The van der Waals surface area contributed by atoms with Crippen molar-refractivity contribution in [3.63, 3.8) is 0 Å². The van der Waals surface area contributed by atoms with Crippen molar-refractivity contribution in [2.75, 3.05) is 13.2 Å². The molecule has 0 bridgehead atoms. The van der Waals surface area contributed by atoms with E-state index >= 15 is 0 Å². The number of morpholine rings is 1. The van der Waals surface area contributed by atoms with Gasteiger partial charge in [-0.1, -0.05) is 36.8 Å². The van der Waals surface area contributed by atoms with Crippen molar-refractivity contribution in [3.8, 4) is 0 Å². The van der Waals surface area contributed by atoms with Crippen molar-refractivity contribution in [1.29, 1.82) is 0 Å². The first-order chi connectivity index (χ1) is 11.0. The first-order valence-electron chi connectivity index (χ1n) is 8.21. The van der Waals surface area contributed by atoms with Gasteiger partial charge in [0.05, 0.1) is 24.6 Å². The van der Waals surface area contributed by atoms with E-state index in [4.69, 9.17) is 4.74 Å². The number of hydrogen-bond acceptors (Lipinski definition) is 3. The number of nitrogens with zero attached hydrogens (tertiary/aromatic N) is 1. The highest BCUT2D eigenvalue weighted by molar-refractivity contribution is 5.86. The lowest BCUT2D eigenvalue weighted by Crippen LogP contribution is -2.51. The van der Waals surface area contributed by atoms with Crippen molar-refractivity contribution >= 4 is 11.9 Å². The van der Waals surface area contributed by atoms with Gasteiger partial charge >= 0.3 is 5.97 Å². The number of ether oxygens (including phenoxy) is 1. The molecule has 1 saturated carbocycles. The summed E-state index contributed by atoms with van der Waals surface area (Å²) in [6.45, 7) is 2.92. The lowest BCUT2D eigenvalue weighted by molar-refractivity contribution is -0.163. The molecule has 124 valence electrons. The Morgan fingerprint density at radius 1 is 1.30 bits per heavy atom. The molecule has 2 fully saturated rings. The largest absolute Gasteiger partial charge is 0.481 e. The lowest BCUT2D eigenvalue weighted by Gasteiger charge is -2.42. The Morgan fingerprint density at radius 2 is 2.00 bits per heavy atom. The van der Waals surface area contributed by atoms with E-state index in [1.165, 1.54) is 0 Å². The predicted octanol–water partition coefficient (Wildman–Crippen LogP) is 2.62. The van der Waals surface area contributed by atoms with E-state index in [-0.39, 0.29) is 24.5 Å². The fourth-order valence-electron chi connectivity index (χ4n) is 3.43. The Labute approximate surface area is 136 Å². The van der Waals surface area contributed by atoms with Crippen LogP contribution in [-0.2, 0) is 14.3 Å².